The summed E-state index contributed by atoms with van der Waals surface area (Å²) in [4.78, 5) is 0. The maximum atomic E-state index is 6.07. The van der Waals surface area contributed by atoms with Gasteiger partial charge in [-0.25, -0.2) is 0 Å². The second kappa shape index (κ2) is 4.45. The summed E-state index contributed by atoms with van der Waals surface area (Å²) >= 11 is 0. The van der Waals surface area contributed by atoms with Crippen molar-refractivity contribution < 1.29 is 0 Å². The van der Waals surface area contributed by atoms with Crippen molar-refractivity contribution in [2.45, 2.75) is 50.4 Å². The summed E-state index contributed by atoms with van der Waals surface area (Å²) in [7, 11) is 0. The third kappa shape index (κ3) is 1.72. The van der Waals surface area contributed by atoms with E-state index in [-0.39, 0.29) is 0 Å². The number of aryl methyl sites for hydroxylation is 1. The Balaban J connectivity index is 2.07. The van der Waals surface area contributed by atoms with Crippen molar-refractivity contribution in [3.8, 4) is 0 Å². The van der Waals surface area contributed by atoms with Crippen LogP contribution in [0.1, 0.15) is 49.7 Å². The van der Waals surface area contributed by atoms with Gasteiger partial charge in [0.15, 0.2) is 0 Å². The van der Waals surface area contributed by atoms with E-state index >= 15 is 0 Å². The van der Waals surface area contributed by atoms with E-state index < -0.39 is 0 Å². The SMILES string of the molecule is NCC1CCc2ccccc2C12CCCCC2. The summed E-state index contributed by atoms with van der Waals surface area (Å²) in [6.07, 6.45) is 9.47. The Bertz CT molecular complexity index is 390. The van der Waals surface area contributed by atoms with E-state index in [1.165, 1.54) is 44.9 Å². The minimum atomic E-state index is 0.432. The molecule has 3 rings (SSSR count). The van der Waals surface area contributed by atoms with Crippen LogP contribution in [0.5, 0.6) is 0 Å². The van der Waals surface area contributed by atoms with Crippen LogP contribution in [-0.2, 0) is 11.8 Å². The molecule has 0 bridgehead atoms. The standard InChI is InChI=1S/C16H23N/c17-12-14-9-8-13-6-2-3-7-15(13)16(14)10-4-1-5-11-16/h2-3,6-7,14H,1,4-5,8-12,17H2. The highest BCUT2D eigenvalue weighted by Gasteiger charge is 2.43. The predicted molar refractivity (Wildman–Crippen MR) is 72.1 cm³/mol. The molecule has 2 N–H and O–H groups in total. The average Bonchev–Trinajstić information content (AvgIpc) is 2.41. The molecule has 92 valence electrons. The van der Waals surface area contributed by atoms with Gasteiger partial charge in [-0.1, -0.05) is 43.5 Å². The Labute approximate surface area is 104 Å². The van der Waals surface area contributed by atoms with Crippen molar-refractivity contribution in [3.05, 3.63) is 35.4 Å². The lowest BCUT2D eigenvalue weighted by molar-refractivity contribution is 0.171. The van der Waals surface area contributed by atoms with Crippen LogP contribution in [0.2, 0.25) is 0 Å². The van der Waals surface area contributed by atoms with Crippen molar-refractivity contribution >= 4 is 0 Å². The number of hydrogen-bond acceptors (Lipinski definition) is 1. The fourth-order valence-electron chi connectivity index (χ4n) is 4.25. The van der Waals surface area contributed by atoms with E-state index in [0.29, 0.717) is 5.41 Å². The van der Waals surface area contributed by atoms with Gasteiger partial charge in [0.1, 0.15) is 0 Å². The summed E-state index contributed by atoms with van der Waals surface area (Å²) in [6, 6.07) is 9.12. The van der Waals surface area contributed by atoms with Gasteiger partial charge in [-0.3, -0.25) is 0 Å². The van der Waals surface area contributed by atoms with Gasteiger partial charge in [0.25, 0.3) is 0 Å². The quantitative estimate of drug-likeness (QED) is 0.784. The molecule has 0 aliphatic heterocycles. The van der Waals surface area contributed by atoms with Gasteiger partial charge in [0.05, 0.1) is 0 Å². The van der Waals surface area contributed by atoms with E-state index in [0.717, 1.165) is 12.5 Å². The molecule has 2 aliphatic rings. The van der Waals surface area contributed by atoms with Gasteiger partial charge in [-0.15, -0.1) is 0 Å². The molecule has 0 saturated heterocycles. The van der Waals surface area contributed by atoms with Crippen molar-refractivity contribution in [2.75, 3.05) is 6.54 Å². The largest absolute Gasteiger partial charge is 0.330 e. The summed E-state index contributed by atoms with van der Waals surface area (Å²) in [5.41, 5.74) is 9.73. The van der Waals surface area contributed by atoms with E-state index in [9.17, 15) is 0 Å². The molecule has 1 aromatic rings. The molecule has 1 heteroatoms. The molecule has 1 aromatic carbocycles. The van der Waals surface area contributed by atoms with E-state index in [1.54, 1.807) is 11.1 Å². The Morgan fingerprint density at radius 3 is 2.65 bits per heavy atom. The number of rotatable bonds is 1. The number of hydrogen-bond donors (Lipinski definition) is 1. The minimum absolute atomic E-state index is 0.432. The van der Waals surface area contributed by atoms with Crippen LogP contribution in [0.4, 0.5) is 0 Å². The van der Waals surface area contributed by atoms with E-state index in [1.807, 2.05) is 0 Å². The molecule has 1 fully saturated rings. The second-order valence-corrected chi connectivity index (χ2v) is 5.85. The molecule has 0 radical (unpaired) electrons. The third-order valence-corrected chi connectivity index (χ3v) is 5.13. The van der Waals surface area contributed by atoms with Gasteiger partial charge in [0.2, 0.25) is 0 Å². The van der Waals surface area contributed by atoms with E-state index in [2.05, 4.69) is 24.3 Å². The Hall–Kier alpha value is -0.820. The summed E-state index contributed by atoms with van der Waals surface area (Å²) in [5, 5.41) is 0. The van der Waals surface area contributed by atoms with Crippen LogP contribution < -0.4 is 5.73 Å². The van der Waals surface area contributed by atoms with E-state index in [4.69, 9.17) is 5.73 Å². The molecule has 1 saturated carbocycles. The molecule has 0 heterocycles. The summed E-state index contributed by atoms with van der Waals surface area (Å²) < 4.78 is 0. The zero-order chi connectivity index (χ0) is 11.7. The maximum Gasteiger partial charge on any atom is -0.000391 e. The lowest BCUT2D eigenvalue weighted by Crippen LogP contribution is -2.44. The lowest BCUT2D eigenvalue weighted by Gasteiger charge is -2.48. The molecule has 1 atom stereocenters. The third-order valence-electron chi connectivity index (χ3n) is 5.13. The molecule has 0 aromatic heterocycles. The highest BCUT2D eigenvalue weighted by atomic mass is 14.6. The first-order chi connectivity index (χ1) is 8.37. The first-order valence-corrected chi connectivity index (χ1v) is 7.15. The lowest BCUT2D eigenvalue weighted by atomic mass is 9.57. The summed E-state index contributed by atoms with van der Waals surface area (Å²) in [6.45, 7) is 0.869. The zero-order valence-electron chi connectivity index (χ0n) is 10.6. The van der Waals surface area contributed by atoms with Crippen LogP contribution in [0.3, 0.4) is 0 Å². The number of fused-ring (bicyclic) bond motifs is 2. The first kappa shape index (κ1) is 11.3. The summed E-state index contributed by atoms with van der Waals surface area (Å²) in [5.74, 6) is 0.720. The van der Waals surface area contributed by atoms with Crippen molar-refractivity contribution in [1.82, 2.24) is 0 Å². The zero-order valence-corrected chi connectivity index (χ0v) is 10.6. The van der Waals surface area contributed by atoms with Gasteiger partial charge >= 0.3 is 0 Å². The first-order valence-electron chi connectivity index (χ1n) is 7.15. The molecule has 1 unspecified atom stereocenters. The van der Waals surface area contributed by atoms with Crippen LogP contribution in [-0.4, -0.2) is 6.54 Å². The van der Waals surface area contributed by atoms with Crippen LogP contribution in [0, 0.1) is 5.92 Å². The second-order valence-electron chi connectivity index (χ2n) is 5.85. The van der Waals surface area contributed by atoms with Crippen LogP contribution in [0.25, 0.3) is 0 Å². The van der Waals surface area contributed by atoms with Crippen molar-refractivity contribution in [1.29, 1.82) is 0 Å². The average molecular weight is 229 g/mol. The molecule has 2 aliphatic carbocycles. The minimum Gasteiger partial charge on any atom is -0.330 e. The Morgan fingerprint density at radius 1 is 1.12 bits per heavy atom. The predicted octanol–water partition coefficient (Wildman–Crippen LogP) is 3.41. The maximum absolute atomic E-state index is 6.07. The molecule has 1 spiro atoms. The smallest absolute Gasteiger partial charge is 0.000391 e. The molecular formula is C16H23N. The van der Waals surface area contributed by atoms with Gasteiger partial charge in [0, 0.05) is 0 Å². The van der Waals surface area contributed by atoms with Gasteiger partial charge < -0.3 is 5.73 Å². The number of benzene rings is 1. The van der Waals surface area contributed by atoms with Gasteiger partial charge in [-0.05, 0) is 54.7 Å². The fourth-order valence-corrected chi connectivity index (χ4v) is 4.25. The Kier molecular flexibility index (Phi) is 2.96. The normalized spacial score (nSPS) is 26.8. The molecular weight excluding hydrogens is 206 g/mol. The highest BCUT2D eigenvalue weighted by molar-refractivity contribution is 5.38. The van der Waals surface area contributed by atoms with Gasteiger partial charge in [-0.2, -0.15) is 0 Å². The fraction of sp³-hybridized carbons (Fsp3) is 0.625. The molecule has 1 nitrogen and oxygen atoms in total. The van der Waals surface area contributed by atoms with Crippen LogP contribution >= 0.6 is 0 Å². The molecule has 0 amide bonds. The topological polar surface area (TPSA) is 26.0 Å². The van der Waals surface area contributed by atoms with Crippen molar-refractivity contribution in [3.63, 3.8) is 0 Å². The highest BCUT2D eigenvalue weighted by Crippen LogP contribution is 2.50. The number of nitrogens with two attached hydrogens (primary N) is 1. The van der Waals surface area contributed by atoms with Crippen molar-refractivity contribution in [2.24, 2.45) is 11.7 Å². The Morgan fingerprint density at radius 2 is 1.88 bits per heavy atom. The monoisotopic (exact) mass is 229 g/mol. The molecule has 17 heavy (non-hydrogen) atoms. The van der Waals surface area contributed by atoms with Crippen LogP contribution in [0.15, 0.2) is 24.3 Å².